The Morgan fingerprint density at radius 1 is 1.44 bits per heavy atom. The molecule has 0 saturated heterocycles. The number of hydrogen-bond acceptors (Lipinski definition) is 2. The van der Waals surface area contributed by atoms with E-state index in [1.165, 1.54) is 0 Å². The Kier molecular flexibility index (Phi) is 2.52. The summed E-state index contributed by atoms with van der Waals surface area (Å²) >= 11 is 0. The zero-order valence-corrected chi connectivity index (χ0v) is 9.21. The van der Waals surface area contributed by atoms with Crippen LogP contribution in [0, 0.1) is 0 Å². The number of carbonyl (C=O) groups is 1. The van der Waals surface area contributed by atoms with Crippen LogP contribution >= 0.6 is 0 Å². The highest BCUT2D eigenvalue weighted by molar-refractivity contribution is 5.87. The summed E-state index contributed by atoms with van der Waals surface area (Å²) in [5, 5.41) is 13.3. The van der Waals surface area contributed by atoms with Crippen LogP contribution in [-0.4, -0.2) is 25.4 Å². The van der Waals surface area contributed by atoms with Crippen LogP contribution in [0.25, 0.3) is 11.4 Å². The first-order valence-corrected chi connectivity index (χ1v) is 5.06. The van der Waals surface area contributed by atoms with Crippen molar-refractivity contribution in [3.05, 3.63) is 30.1 Å². The topological polar surface area (TPSA) is 60.1 Å². The lowest BCUT2D eigenvalue weighted by atomic mass is 10.3. The van der Waals surface area contributed by atoms with E-state index in [1.54, 1.807) is 21.4 Å². The summed E-state index contributed by atoms with van der Waals surface area (Å²) in [6, 6.07) is 5.26. The molecule has 2 aromatic heterocycles. The van der Waals surface area contributed by atoms with Crippen LogP contribution < -0.4 is 0 Å². The third-order valence-electron chi connectivity index (χ3n) is 2.49. The standard InChI is InChI=1S/C11H13N3O2/c1-3-14-9(4-5-10(14)11(15)16)8-6-7-13(2)12-8/h4-7H,3H2,1-2H3,(H,15,16). The summed E-state index contributed by atoms with van der Waals surface area (Å²) in [4.78, 5) is 11.0. The van der Waals surface area contributed by atoms with Gasteiger partial charge in [0.1, 0.15) is 11.4 Å². The molecule has 0 aliphatic carbocycles. The van der Waals surface area contributed by atoms with E-state index in [2.05, 4.69) is 5.10 Å². The van der Waals surface area contributed by atoms with E-state index in [9.17, 15) is 4.79 Å². The summed E-state index contributed by atoms with van der Waals surface area (Å²) in [6.45, 7) is 2.53. The lowest BCUT2D eigenvalue weighted by molar-refractivity contribution is 0.0685. The number of aromatic carboxylic acids is 1. The first-order valence-electron chi connectivity index (χ1n) is 5.06. The minimum absolute atomic E-state index is 0.295. The molecule has 84 valence electrons. The highest BCUT2D eigenvalue weighted by Crippen LogP contribution is 2.20. The molecular weight excluding hydrogens is 206 g/mol. The molecule has 2 heterocycles. The first-order chi connectivity index (χ1) is 7.63. The van der Waals surface area contributed by atoms with Gasteiger partial charge in [-0.2, -0.15) is 5.10 Å². The molecule has 2 aromatic rings. The number of nitrogens with zero attached hydrogens (tertiary/aromatic N) is 3. The number of aryl methyl sites for hydroxylation is 1. The molecule has 0 aliphatic rings. The summed E-state index contributed by atoms with van der Waals surface area (Å²) in [6.07, 6.45) is 1.84. The smallest absolute Gasteiger partial charge is 0.352 e. The fraction of sp³-hybridized carbons (Fsp3) is 0.273. The minimum Gasteiger partial charge on any atom is -0.477 e. The van der Waals surface area contributed by atoms with Crippen molar-refractivity contribution in [2.45, 2.75) is 13.5 Å². The Morgan fingerprint density at radius 2 is 2.19 bits per heavy atom. The molecule has 5 heteroatoms. The van der Waals surface area contributed by atoms with Crippen molar-refractivity contribution >= 4 is 5.97 Å². The van der Waals surface area contributed by atoms with Crippen molar-refractivity contribution in [1.29, 1.82) is 0 Å². The molecule has 0 unspecified atom stereocenters. The average molecular weight is 219 g/mol. The van der Waals surface area contributed by atoms with Gasteiger partial charge in [0.2, 0.25) is 0 Å². The molecule has 16 heavy (non-hydrogen) atoms. The molecule has 0 radical (unpaired) electrons. The van der Waals surface area contributed by atoms with Crippen LogP contribution in [-0.2, 0) is 13.6 Å². The van der Waals surface area contributed by atoms with Crippen molar-refractivity contribution in [1.82, 2.24) is 14.3 Å². The van der Waals surface area contributed by atoms with Gasteiger partial charge >= 0.3 is 5.97 Å². The highest BCUT2D eigenvalue weighted by Gasteiger charge is 2.14. The summed E-state index contributed by atoms with van der Waals surface area (Å²) in [5.41, 5.74) is 1.92. The van der Waals surface area contributed by atoms with Gasteiger partial charge in [0.15, 0.2) is 0 Å². The van der Waals surface area contributed by atoms with Gasteiger partial charge in [0, 0.05) is 19.8 Å². The molecule has 0 bridgehead atoms. The van der Waals surface area contributed by atoms with Gasteiger partial charge in [-0.1, -0.05) is 0 Å². The second-order valence-electron chi connectivity index (χ2n) is 3.53. The number of carboxylic acid groups (broad SMARTS) is 1. The van der Waals surface area contributed by atoms with E-state index >= 15 is 0 Å². The van der Waals surface area contributed by atoms with Gasteiger partial charge < -0.3 is 9.67 Å². The van der Waals surface area contributed by atoms with Crippen LogP contribution in [0.15, 0.2) is 24.4 Å². The second kappa shape index (κ2) is 3.84. The average Bonchev–Trinajstić information content (AvgIpc) is 2.82. The Labute approximate surface area is 92.9 Å². The number of hydrogen-bond donors (Lipinski definition) is 1. The zero-order chi connectivity index (χ0) is 11.7. The third-order valence-corrected chi connectivity index (χ3v) is 2.49. The fourth-order valence-electron chi connectivity index (χ4n) is 1.77. The van der Waals surface area contributed by atoms with Crippen LogP contribution in [0.4, 0.5) is 0 Å². The van der Waals surface area contributed by atoms with Crippen LogP contribution in [0.1, 0.15) is 17.4 Å². The maximum absolute atomic E-state index is 11.0. The number of aromatic nitrogens is 3. The molecule has 0 fully saturated rings. The third kappa shape index (κ3) is 1.60. The summed E-state index contributed by atoms with van der Waals surface area (Å²) in [7, 11) is 1.83. The van der Waals surface area contributed by atoms with Crippen molar-refractivity contribution in [2.75, 3.05) is 0 Å². The van der Waals surface area contributed by atoms with E-state index in [0.717, 1.165) is 11.4 Å². The van der Waals surface area contributed by atoms with E-state index in [-0.39, 0.29) is 0 Å². The van der Waals surface area contributed by atoms with Gasteiger partial charge in [0.25, 0.3) is 0 Å². The Hall–Kier alpha value is -2.04. The largest absolute Gasteiger partial charge is 0.477 e. The van der Waals surface area contributed by atoms with Gasteiger partial charge in [0.05, 0.1) is 5.69 Å². The van der Waals surface area contributed by atoms with E-state index in [0.29, 0.717) is 12.2 Å². The maximum Gasteiger partial charge on any atom is 0.352 e. The van der Waals surface area contributed by atoms with Crippen LogP contribution in [0.5, 0.6) is 0 Å². The highest BCUT2D eigenvalue weighted by atomic mass is 16.4. The van der Waals surface area contributed by atoms with E-state index in [1.807, 2.05) is 26.2 Å². The normalized spacial score (nSPS) is 10.6. The van der Waals surface area contributed by atoms with Gasteiger partial charge in [-0.25, -0.2) is 4.79 Å². The van der Waals surface area contributed by atoms with Gasteiger partial charge in [-0.3, -0.25) is 4.68 Å². The van der Waals surface area contributed by atoms with Crippen LogP contribution in [0.2, 0.25) is 0 Å². The minimum atomic E-state index is -0.913. The number of carboxylic acids is 1. The monoisotopic (exact) mass is 219 g/mol. The Balaban J connectivity index is 2.53. The molecule has 0 aromatic carbocycles. The fourth-order valence-corrected chi connectivity index (χ4v) is 1.77. The molecule has 1 N–H and O–H groups in total. The van der Waals surface area contributed by atoms with Crippen LogP contribution in [0.3, 0.4) is 0 Å². The van der Waals surface area contributed by atoms with Gasteiger partial charge in [-0.15, -0.1) is 0 Å². The second-order valence-corrected chi connectivity index (χ2v) is 3.53. The molecule has 0 aliphatic heterocycles. The summed E-state index contributed by atoms with van der Waals surface area (Å²) in [5.74, 6) is -0.913. The van der Waals surface area contributed by atoms with Crippen molar-refractivity contribution in [2.24, 2.45) is 7.05 Å². The lowest BCUT2D eigenvalue weighted by Crippen LogP contribution is -2.08. The predicted octanol–water partition coefficient (Wildman–Crippen LogP) is 1.61. The Morgan fingerprint density at radius 3 is 2.69 bits per heavy atom. The summed E-state index contributed by atoms with van der Waals surface area (Å²) < 4.78 is 3.44. The predicted molar refractivity (Wildman–Crippen MR) is 59.3 cm³/mol. The molecule has 0 atom stereocenters. The van der Waals surface area contributed by atoms with Gasteiger partial charge in [-0.05, 0) is 25.1 Å². The Bertz CT molecular complexity index is 525. The molecule has 5 nitrogen and oxygen atoms in total. The lowest BCUT2D eigenvalue weighted by Gasteiger charge is -2.06. The van der Waals surface area contributed by atoms with Crippen molar-refractivity contribution < 1.29 is 9.90 Å². The zero-order valence-electron chi connectivity index (χ0n) is 9.21. The SMILES string of the molecule is CCn1c(C(=O)O)ccc1-c1ccn(C)n1. The molecule has 2 rings (SSSR count). The van der Waals surface area contributed by atoms with Crippen molar-refractivity contribution in [3.63, 3.8) is 0 Å². The van der Waals surface area contributed by atoms with Crippen molar-refractivity contribution in [3.8, 4) is 11.4 Å². The maximum atomic E-state index is 11.0. The quantitative estimate of drug-likeness (QED) is 0.853. The molecule has 0 amide bonds. The molecular formula is C11H13N3O2. The first kappa shape index (κ1) is 10.5. The molecule has 0 saturated carbocycles. The van der Waals surface area contributed by atoms with E-state index < -0.39 is 5.97 Å². The number of rotatable bonds is 3. The molecule has 0 spiro atoms. The van der Waals surface area contributed by atoms with E-state index in [4.69, 9.17) is 5.11 Å².